The van der Waals surface area contributed by atoms with E-state index in [-0.39, 0.29) is 5.82 Å². The topological polar surface area (TPSA) is 38.7 Å². The molecular weight excluding hydrogens is 221 g/mol. The van der Waals surface area contributed by atoms with Gasteiger partial charge in [-0.05, 0) is 31.4 Å². The van der Waals surface area contributed by atoms with Gasteiger partial charge in [-0.3, -0.25) is 0 Å². The molecule has 2 aliphatic rings. The van der Waals surface area contributed by atoms with E-state index in [0.29, 0.717) is 29.9 Å². The maximum Gasteiger partial charge on any atom is 0.235 e. The summed E-state index contributed by atoms with van der Waals surface area (Å²) in [6, 6.07) is 3.47. The summed E-state index contributed by atoms with van der Waals surface area (Å²) < 4.78 is 19.7. The van der Waals surface area contributed by atoms with E-state index in [0.717, 1.165) is 19.3 Å². The monoisotopic (exact) mass is 233 g/mol. The van der Waals surface area contributed by atoms with Crippen LogP contribution in [0.2, 0.25) is 0 Å². The Balaban J connectivity index is 2.12. The average molecular weight is 233 g/mol. The normalized spacial score (nSPS) is 19.8. The van der Waals surface area contributed by atoms with E-state index in [2.05, 4.69) is 4.99 Å². The first kappa shape index (κ1) is 10.5. The molecule has 1 heterocycles. The lowest BCUT2D eigenvalue weighted by atomic mass is 9.72. The van der Waals surface area contributed by atoms with Crippen molar-refractivity contribution in [2.24, 2.45) is 4.99 Å². The summed E-state index contributed by atoms with van der Waals surface area (Å²) in [5.74, 6) is 0.370. The predicted octanol–water partition coefficient (Wildman–Crippen LogP) is 2.48. The van der Waals surface area contributed by atoms with Crippen LogP contribution in [0.1, 0.15) is 30.4 Å². The van der Waals surface area contributed by atoms with Crippen LogP contribution >= 0.6 is 0 Å². The zero-order valence-electron chi connectivity index (χ0n) is 9.33. The van der Waals surface area contributed by atoms with Crippen molar-refractivity contribution in [3.63, 3.8) is 0 Å². The lowest BCUT2D eigenvalue weighted by Gasteiger charge is -2.37. The summed E-state index contributed by atoms with van der Waals surface area (Å²) in [6.07, 6.45) is 4.59. The summed E-state index contributed by atoms with van der Waals surface area (Å²) in [4.78, 5) is 14.3. The van der Waals surface area contributed by atoms with Crippen molar-refractivity contribution in [3.05, 3.63) is 29.1 Å². The first-order valence-electron chi connectivity index (χ1n) is 5.80. The van der Waals surface area contributed by atoms with E-state index in [1.165, 1.54) is 0 Å². The van der Waals surface area contributed by atoms with Crippen LogP contribution in [0.4, 0.5) is 4.39 Å². The number of hydrogen-bond donors (Lipinski definition) is 0. The highest BCUT2D eigenvalue weighted by Gasteiger charge is 2.42. The smallest absolute Gasteiger partial charge is 0.235 e. The molecule has 88 valence electrons. The fourth-order valence-electron chi connectivity index (χ4n) is 2.63. The van der Waals surface area contributed by atoms with Gasteiger partial charge in [0.05, 0.1) is 6.61 Å². The van der Waals surface area contributed by atoms with Crippen LogP contribution in [0.15, 0.2) is 17.1 Å². The van der Waals surface area contributed by atoms with Crippen molar-refractivity contribution in [3.8, 4) is 5.75 Å². The summed E-state index contributed by atoms with van der Waals surface area (Å²) in [6.45, 7) is 0.527. The molecule has 3 rings (SSSR count). The van der Waals surface area contributed by atoms with Gasteiger partial charge >= 0.3 is 0 Å². The molecule has 0 N–H and O–H groups in total. The summed E-state index contributed by atoms with van der Waals surface area (Å²) in [5, 5.41) is 0. The Labute approximate surface area is 98.3 Å². The second-order valence-corrected chi connectivity index (χ2v) is 4.59. The number of nitrogens with zero attached hydrogens (tertiary/aromatic N) is 1. The molecule has 0 aromatic heterocycles. The van der Waals surface area contributed by atoms with E-state index in [9.17, 15) is 9.18 Å². The predicted molar refractivity (Wildman–Crippen MR) is 59.2 cm³/mol. The second kappa shape index (κ2) is 3.67. The molecule has 4 heteroatoms. The lowest BCUT2D eigenvalue weighted by molar-refractivity contribution is 0.247. The van der Waals surface area contributed by atoms with Crippen LogP contribution in [-0.2, 0) is 16.8 Å². The number of carbonyl (C=O) groups excluding carboxylic acids is 1. The van der Waals surface area contributed by atoms with E-state index in [4.69, 9.17) is 4.74 Å². The Kier molecular flexibility index (Phi) is 2.26. The molecule has 3 nitrogen and oxygen atoms in total. The minimum Gasteiger partial charge on any atom is -0.493 e. The van der Waals surface area contributed by atoms with Crippen LogP contribution < -0.4 is 4.74 Å². The third-order valence-corrected chi connectivity index (χ3v) is 3.75. The van der Waals surface area contributed by atoms with Crippen molar-refractivity contribution >= 4 is 6.08 Å². The minimum atomic E-state index is -0.663. The van der Waals surface area contributed by atoms with Crippen LogP contribution in [0.3, 0.4) is 0 Å². The Bertz CT molecular complexity index is 516. The number of isocyanates is 1. The molecule has 0 unspecified atom stereocenters. The number of ether oxygens (including phenoxy) is 1. The molecule has 0 saturated heterocycles. The Morgan fingerprint density at radius 2 is 2.24 bits per heavy atom. The third kappa shape index (κ3) is 1.41. The van der Waals surface area contributed by atoms with Gasteiger partial charge in [0.25, 0.3) is 0 Å². The second-order valence-electron chi connectivity index (χ2n) is 4.59. The highest BCUT2D eigenvalue weighted by molar-refractivity contribution is 5.46. The molecular formula is C13H12FNO2. The average Bonchev–Trinajstić information content (AvgIpc) is 2.74. The van der Waals surface area contributed by atoms with E-state index < -0.39 is 5.54 Å². The molecule has 0 spiro atoms. The number of halogens is 1. The fourth-order valence-corrected chi connectivity index (χ4v) is 2.63. The minimum absolute atomic E-state index is 0.251. The van der Waals surface area contributed by atoms with Crippen molar-refractivity contribution in [2.45, 2.75) is 31.2 Å². The molecule has 1 fully saturated rings. The molecule has 0 radical (unpaired) electrons. The first-order valence-corrected chi connectivity index (χ1v) is 5.80. The summed E-state index contributed by atoms with van der Waals surface area (Å²) >= 11 is 0. The molecule has 1 aliphatic carbocycles. The van der Waals surface area contributed by atoms with Gasteiger partial charge in [-0.1, -0.05) is 0 Å². The standard InChI is InChI=1S/C13H12FNO2/c14-12-9-4-7-17-11(9)3-2-10(12)13(15-8-16)5-1-6-13/h2-3H,1,4-7H2. The van der Waals surface area contributed by atoms with Gasteiger partial charge in [-0.2, -0.15) is 4.99 Å². The molecule has 1 aliphatic heterocycles. The number of hydrogen-bond acceptors (Lipinski definition) is 3. The Hall–Kier alpha value is -1.67. The van der Waals surface area contributed by atoms with Gasteiger partial charge in [-0.15, -0.1) is 0 Å². The lowest BCUT2D eigenvalue weighted by Crippen LogP contribution is -2.33. The van der Waals surface area contributed by atoms with Crippen LogP contribution in [0.5, 0.6) is 5.75 Å². The maximum atomic E-state index is 14.3. The third-order valence-electron chi connectivity index (χ3n) is 3.75. The van der Waals surface area contributed by atoms with Gasteiger partial charge in [0.15, 0.2) is 0 Å². The molecule has 1 aromatic rings. The number of fused-ring (bicyclic) bond motifs is 1. The SMILES string of the molecule is O=C=NC1(c2ccc3c(c2F)CCO3)CCC1. The maximum absolute atomic E-state index is 14.3. The van der Waals surface area contributed by atoms with Gasteiger partial charge in [0, 0.05) is 17.5 Å². The largest absolute Gasteiger partial charge is 0.493 e. The van der Waals surface area contributed by atoms with Gasteiger partial charge in [0.2, 0.25) is 6.08 Å². The summed E-state index contributed by atoms with van der Waals surface area (Å²) in [7, 11) is 0. The highest BCUT2D eigenvalue weighted by atomic mass is 19.1. The van der Waals surface area contributed by atoms with Crippen molar-refractivity contribution in [1.29, 1.82) is 0 Å². The Morgan fingerprint density at radius 1 is 1.41 bits per heavy atom. The van der Waals surface area contributed by atoms with E-state index >= 15 is 0 Å². The van der Waals surface area contributed by atoms with Crippen LogP contribution in [0.25, 0.3) is 0 Å². The van der Waals surface area contributed by atoms with E-state index in [1.807, 2.05) is 0 Å². The molecule has 0 atom stereocenters. The Morgan fingerprint density at radius 3 is 2.88 bits per heavy atom. The number of benzene rings is 1. The molecule has 17 heavy (non-hydrogen) atoms. The first-order chi connectivity index (χ1) is 8.27. The van der Waals surface area contributed by atoms with Crippen LogP contribution in [0, 0.1) is 5.82 Å². The summed E-state index contributed by atoms with van der Waals surface area (Å²) in [5.41, 5.74) is 0.481. The van der Waals surface area contributed by atoms with Gasteiger partial charge in [0.1, 0.15) is 17.1 Å². The fraction of sp³-hybridized carbons (Fsp3) is 0.462. The zero-order valence-corrected chi connectivity index (χ0v) is 9.33. The van der Waals surface area contributed by atoms with Crippen molar-refractivity contribution in [2.75, 3.05) is 6.61 Å². The molecule has 0 amide bonds. The van der Waals surface area contributed by atoms with E-state index in [1.54, 1.807) is 18.2 Å². The number of aliphatic imine (C=N–C) groups is 1. The molecule has 1 aromatic carbocycles. The number of rotatable bonds is 2. The van der Waals surface area contributed by atoms with Crippen molar-refractivity contribution < 1.29 is 13.9 Å². The molecule has 0 bridgehead atoms. The highest BCUT2D eigenvalue weighted by Crippen LogP contribution is 2.47. The molecule has 1 saturated carbocycles. The quantitative estimate of drug-likeness (QED) is 0.581. The zero-order chi connectivity index (χ0) is 11.9. The van der Waals surface area contributed by atoms with Crippen molar-refractivity contribution in [1.82, 2.24) is 0 Å². The van der Waals surface area contributed by atoms with Gasteiger partial charge < -0.3 is 4.74 Å². The van der Waals surface area contributed by atoms with Gasteiger partial charge in [-0.25, -0.2) is 9.18 Å². The van der Waals surface area contributed by atoms with Crippen LogP contribution in [-0.4, -0.2) is 12.7 Å².